The molecule has 0 spiro atoms. The third kappa shape index (κ3) is 3.37. The van der Waals surface area contributed by atoms with E-state index < -0.39 is 0 Å². The fourth-order valence-electron chi connectivity index (χ4n) is 2.21. The highest BCUT2D eigenvalue weighted by Crippen LogP contribution is 2.33. The van der Waals surface area contributed by atoms with E-state index in [1.807, 2.05) is 0 Å². The number of rotatable bonds is 7. The van der Waals surface area contributed by atoms with E-state index in [0.29, 0.717) is 0 Å². The SMILES string of the molecule is Cc1ccccc1C(CBr)(CBr)COCC1CC1. The molecule has 18 heavy (non-hydrogen) atoms. The van der Waals surface area contributed by atoms with Crippen LogP contribution in [0.1, 0.15) is 24.0 Å². The van der Waals surface area contributed by atoms with Crippen LogP contribution in [0.5, 0.6) is 0 Å². The van der Waals surface area contributed by atoms with Gasteiger partial charge in [0.05, 0.1) is 6.61 Å². The van der Waals surface area contributed by atoms with Gasteiger partial charge in [-0.05, 0) is 36.8 Å². The van der Waals surface area contributed by atoms with Crippen molar-refractivity contribution < 1.29 is 4.74 Å². The molecule has 2 rings (SSSR count). The molecule has 0 bridgehead atoms. The molecule has 0 amide bonds. The summed E-state index contributed by atoms with van der Waals surface area (Å²) in [5.41, 5.74) is 2.77. The molecule has 1 aliphatic carbocycles. The molecule has 1 fully saturated rings. The van der Waals surface area contributed by atoms with Crippen LogP contribution in [0.4, 0.5) is 0 Å². The van der Waals surface area contributed by atoms with Gasteiger partial charge < -0.3 is 4.74 Å². The highest BCUT2D eigenvalue weighted by Gasteiger charge is 2.32. The van der Waals surface area contributed by atoms with Crippen LogP contribution in [0.3, 0.4) is 0 Å². The van der Waals surface area contributed by atoms with Crippen molar-refractivity contribution in [3.63, 3.8) is 0 Å². The largest absolute Gasteiger partial charge is 0.380 e. The molecule has 0 heterocycles. The van der Waals surface area contributed by atoms with Gasteiger partial charge in [0.25, 0.3) is 0 Å². The highest BCUT2D eigenvalue weighted by atomic mass is 79.9. The average Bonchev–Trinajstić information content (AvgIpc) is 3.20. The summed E-state index contributed by atoms with van der Waals surface area (Å²) in [6.07, 6.45) is 2.69. The van der Waals surface area contributed by atoms with E-state index in [4.69, 9.17) is 4.74 Å². The van der Waals surface area contributed by atoms with E-state index in [9.17, 15) is 0 Å². The van der Waals surface area contributed by atoms with Crippen LogP contribution in [0.25, 0.3) is 0 Å². The first-order valence-electron chi connectivity index (χ1n) is 6.47. The van der Waals surface area contributed by atoms with Gasteiger partial charge in [0.1, 0.15) is 0 Å². The molecule has 100 valence electrons. The minimum Gasteiger partial charge on any atom is -0.380 e. The summed E-state index contributed by atoms with van der Waals surface area (Å²) in [6, 6.07) is 8.61. The summed E-state index contributed by atoms with van der Waals surface area (Å²) < 4.78 is 5.95. The fourth-order valence-corrected chi connectivity index (χ4v) is 4.06. The number of hydrogen-bond donors (Lipinski definition) is 0. The third-order valence-corrected chi connectivity index (χ3v) is 5.80. The average molecular weight is 376 g/mol. The van der Waals surface area contributed by atoms with Crippen LogP contribution in [0, 0.1) is 12.8 Å². The molecular formula is C15H20Br2O. The maximum absolute atomic E-state index is 5.95. The maximum atomic E-state index is 5.95. The van der Waals surface area contributed by atoms with Crippen molar-refractivity contribution in [1.29, 1.82) is 0 Å². The maximum Gasteiger partial charge on any atom is 0.0579 e. The Labute approximate surface area is 127 Å². The van der Waals surface area contributed by atoms with Crippen LogP contribution >= 0.6 is 31.9 Å². The van der Waals surface area contributed by atoms with Crippen molar-refractivity contribution >= 4 is 31.9 Å². The number of halogens is 2. The van der Waals surface area contributed by atoms with Gasteiger partial charge in [0.2, 0.25) is 0 Å². The quantitative estimate of drug-likeness (QED) is 0.639. The molecule has 1 nitrogen and oxygen atoms in total. The van der Waals surface area contributed by atoms with Crippen LogP contribution in [-0.2, 0) is 10.2 Å². The number of benzene rings is 1. The van der Waals surface area contributed by atoms with Crippen molar-refractivity contribution in [2.75, 3.05) is 23.9 Å². The first kappa shape index (κ1) is 14.5. The van der Waals surface area contributed by atoms with E-state index in [1.165, 1.54) is 24.0 Å². The summed E-state index contributed by atoms with van der Waals surface area (Å²) in [5.74, 6) is 0.824. The van der Waals surface area contributed by atoms with E-state index in [0.717, 1.165) is 29.8 Å². The molecule has 0 atom stereocenters. The zero-order valence-corrected chi connectivity index (χ0v) is 14.0. The zero-order valence-electron chi connectivity index (χ0n) is 10.8. The molecule has 0 radical (unpaired) electrons. The lowest BCUT2D eigenvalue weighted by Gasteiger charge is -2.32. The summed E-state index contributed by atoms with van der Waals surface area (Å²) in [6.45, 7) is 3.88. The molecule has 0 N–H and O–H groups in total. The summed E-state index contributed by atoms with van der Waals surface area (Å²) in [5, 5.41) is 1.83. The van der Waals surface area contributed by atoms with E-state index >= 15 is 0 Å². The third-order valence-electron chi connectivity index (χ3n) is 3.66. The lowest BCUT2D eigenvalue weighted by Crippen LogP contribution is -2.36. The first-order valence-corrected chi connectivity index (χ1v) is 8.72. The van der Waals surface area contributed by atoms with Crippen molar-refractivity contribution in [2.45, 2.75) is 25.2 Å². The Bertz CT molecular complexity index is 384. The van der Waals surface area contributed by atoms with Gasteiger partial charge in [0.15, 0.2) is 0 Å². The summed E-state index contributed by atoms with van der Waals surface area (Å²) >= 11 is 7.35. The second kappa shape index (κ2) is 6.53. The van der Waals surface area contributed by atoms with Gasteiger partial charge in [-0.2, -0.15) is 0 Å². The Morgan fingerprint density at radius 3 is 2.44 bits per heavy atom. The zero-order chi connectivity index (χ0) is 13.0. The molecule has 1 saturated carbocycles. The Hall–Kier alpha value is 0.140. The molecule has 1 aromatic rings. The van der Waals surface area contributed by atoms with Gasteiger partial charge in [-0.25, -0.2) is 0 Å². The highest BCUT2D eigenvalue weighted by molar-refractivity contribution is 9.09. The fraction of sp³-hybridized carbons (Fsp3) is 0.600. The molecule has 0 aliphatic heterocycles. The van der Waals surface area contributed by atoms with Crippen LogP contribution in [0.15, 0.2) is 24.3 Å². The normalized spacial score (nSPS) is 15.9. The second-order valence-corrected chi connectivity index (χ2v) is 6.44. The van der Waals surface area contributed by atoms with E-state index in [-0.39, 0.29) is 5.41 Å². The lowest BCUT2D eigenvalue weighted by atomic mass is 9.83. The van der Waals surface area contributed by atoms with Gasteiger partial charge in [-0.3, -0.25) is 0 Å². The predicted molar refractivity (Wildman–Crippen MR) is 84.0 cm³/mol. The van der Waals surface area contributed by atoms with Crippen LogP contribution in [0.2, 0.25) is 0 Å². The molecule has 1 aromatic carbocycles. The predicted octanol–water partition coefficient (Wildman–Crippen LogP) is 4.45. The van der Waals surface area contributed by atoms with Gasteiger partial charge in [0, 0.05) is 22.7 Å². The summed E-state index contributed by atoms with van der Waals surface area (Å²) in [4.78, 5) is 0. The Morgan fingerprint density at radius 2 is 1.89 bits per heavy atom. The Balaban J connectivity index is 2.11. The topological polar surface area (TPSA) is 9.23 Å². The molecule has 0 aromatic heterocycles. The van der Waals surface area contributed by atoms with Crippen molar-refractivity contribution in [3.8, 4) is 0 Å². The van der Waals surface area contributed by atoms with Gasteiger partial charge in [-0.1, -0.05) is 56.1 Å². The Kier molecular flexibility index (Phi) is 5.28. The standard InChI is InChI=1S/C15H20Br2O/c1-12-4-2-3-5-14(12)15(9-16,10-17)11-18-8-13-6-7-13/h2-5,13H,6-11H2,1H3. The van der Waals surface area contributed by atoms with E-state index in [2.05, 4.69) is 63.0 Å². The minimum atomic E-state index is 0.0419. The van der Waals surface area contributed by atoms with Crippen molar-refractivity contribution in [2.24, 2.45) is 5.92 Å². The lowest BCUT2D eigenvalue weighted by molar-refractivity contribution is 0.0903. The monoisotopic (exact) mass is 374 g/mol. The van der Waals surface area contributed by atoms with Crippen LogP contribution in [-0.4, -0.2) is 23.9 Å². The Morgan fingerprint density at radius 1 is 1.22 bits per heavy atom. The number of aryl methyl sites for hydroxylation is 1. The molecule has 3 heteroatoms. The van der Waals surface area contributed by atoms with Gasteiger partial charge >= 0.3 is 0 Å². The number of ether oxygens (including phenoxy) is 1. The number of hydrogen-bond acceptors (Lipinski definition) is 1. The van der Waals surface area contributed by atoms with Crippen molar-refractivity contribution in [3.05, 3.63) is 35.4 Å². The molecule has 0 unspecified atom stereocenters. The molecule has 1 aliphatic rings. The van der Waals surface area contributed by atoms with Crippen LogP contribution < -0.4 is 0 Å². The van der Waals surface area contributed by atoms with Crippen molar-refractivity contribution in [1.82, 2.24) is 0 Å². The van der Waals surface area contributed by atoms with Gasteiger partial charge in [-0.15, -0.1) is 0 Å². The molecular weight excluding hydrogens is 356 g/mol. The first-order chi connectivity index (χ1) is 8.72. The second-order valence-electron chi connectivity index (χ2n) is 5.32. The minimum absolute atomic E-state index is 0.0419. The molecule has 0 saturated heterocycles. The smallest absolute Gasteiger partial charge is 0.0579 e. The number of alkyl halides is 2. The summed E-state index contributed by atoms with van der Waals surface area (Å²) in [7, 11) is 0. The van der Waals surface area contributed by atoms with E-state index in [1.54, 1.807) is 0 Å².